The molecular formula is C17H14ClNO5. The molecule has 2 aromatic rings. The summed E-state index contributed by atoms with van der Waals surface area (Å²) in [5, 5.41) is 11.2. The molecule has 0 unspecified atom stereocenters. The topological polar surface area (TPSA) is 86.5 Å². The number of Topliss-reactive ketones (excluding diaryl/α,β-unsaturated/α-hetero) is 1. The van der Waals surface area contributed by atoms with Crippen molar-refractivity contribution in [3.63, 3.8) is 0 Å². The summed E-state index contributed by atoms with van der Waals surface area (Å²) in [4.78, 5) is 34.7. The number of nitro benzene ring substituents is 1. The number of ketones is 1. The number of nitrogens with zero attached hydrogens (tertiary/aromatic N) is 1. The molecule has 124 valence electrons. The Morgan fingerprint density at radius 3 is 2.38 bits per heavy atom. The number of benzene rings is 2. The van der Waals surface area contributed by atoms with Crippen LogP contribution in [-0.2, 0) is 4.74 Å². The molecule has 7 heteroatoms. The van der Waals surface area contributed by atoms with Gasteiger partial charge in [0.2, 0.25) is 5.78 Å². The molecule has 2 rings (SSSR count). The smallest absolute Gasteiger partial charge is 0.345 e. The molecule has 6 nitrogen and oxygen atoms in total. The van der Waals surface area contributed by atoms with Crippen LogP contribution in [0.2, 0.25) is 5.02 Å². The van der Waals surface area contributed by atoms with E-state index in [0.717, 1.165) is 17.7 Å². The van der Waals surface area contributed by atoms with Crippen LogP contribution in [0.5, 0.6) is 0 Å². The molecular weight excluding hydrogens is 334 g/mol. The van der Waals surface area contributed by atoms with Crippen molar-refractivity contribution in [1.82, 2.24) is 0 Å². The van der Waals surface area contributed by atoms with Crippen LogP contribution in [0.3, 0.4) is 0 Å². The zero-order chi connectivity index (χ0) is 17.9. The summed E-state index contributed by atoms with van der Waals surface area (Å²) < 4.78 is 5.08. The second-order valence-electron chi connectivity index (χ2n) is 5.20. The first kappa shape index (κ1) is 17.6. The van der Waals surface area contributed by atoms with Crippen molar-refractivity contribution < 1.29 is 19.2 Å². The predicted molar refractivity (Wildman–Crippen MR) is 88.5 cm³/mol. The predicted octanol–water partition coefficient (Wildman–Crippen LogP) is 3.98. The molecule has 0 aliphatic rings. The highest BCUT2D eigenvalue weighted by Crippen LogP contribution is 2.24. The van der Waals surface area contributed by atoms with Gasteiger partial charge in [-0.05, 0) is 26.0 Å². The summed E-state index contributed by atoms with van der Waals surface area (Å²) in [6, 6.07) is 10.4. The Kier molecular flexibility index (Phi) is 5.31. The molecule has 0 saturated carbocycles. The third-order valence-electron chi connectivity index (χ3n) is 3.36. The van der Waals surface area contributed by atoms with Gasteiger partial charge in [-0.15, -0.1) is 0 Å². The molecule has 0 saturated heterocycles. The lowest BCUT2D eigenvalue weighted by molar-refractivity contribution is -0.385. The van der Waals surface area contributed by atoms with Crippen molar-refractivity contribution in [3.8, 4) is 0 Å². The van der Waals surface area contributed by atoms with Crippen LogP contribution in [0.25, 0.3) is 0 Å². The summed E-state index contributed by atoms with van der Waals surface area (Å²) in [6.45, 7) is 3.30. The second-order valence-corrected chi connectivity index (χ2v) is 5.63. The molecule has 0 heterocycles. The van der Waals surface area contributed by atoms with Gasteiger partial charge in [0.1, 0.15) is 5.56 Å². The third kappa shape index (κ3) is 3.97. The molecule has 0 aliphatic heterocycles. The Morgan fingerprint density at radius 1 is 1.17 bits per heavy atom. The van der Waals surface area contributed by atoms with Gasteiger partial charge in [-0.2, -0.15) is 0 Å². The fourth-order valence-electron chi connectivity index (χ4n) is 2.06. The number of carbonyl (C=O) groups excluding carboxylic acids is 2. The van der Waals surface area contributed by atoms with Gasteiger partial charge in [0.25, 0.3) is 5.69 Å². The molecule has 0 aliphatic carbocycles. The van der Waals surface area contributed by atoms with Crippen LogP contribution in [0.15, 0.2) is 42.5 Å². The number of esters is 1. The first-order chi connectivity index (χ1) is 11.3. The van der Waals surface area contributed by atoms with Gasteiger partial charge < -0.3 is 4.74 Å². The first-order valence-corrected chi connectivity index (χ1v) is 7.43. The van der Waals surface area contributed by atoms with Gasteiger partial charge >= 0.3 is 5.97 Å². The highest BCUT2D eigenvalue weighted by Gasteiger charge is 2.26. The minimum Gasteiger partial charge on any atom is -0.450 e. The van der Waals surface area contributed by atoms with Gasteiger partial charge in [-0.25, -0.2) is 4.79 Å². The number of aryl methyl sites for hydroxylation is 1. The zero-order valence-electron chi connectivity index (χ0n) is 13.0. The van der Waals surface area contributed by atoms with Crippen LogP contribution >= 0.6 is 11.6 Å². The standard InChI is InChI=1S/C17H14ClNO5/c1-10-3-5-12(6-4-10)16(20)11(2)24-17(21)14-9-13(18)7-8-15(14)19(22)23/h3-9,11H,1-2H3/t11-/m1/s1. The summed E-state index contributed by atoms with van der Waals surface area (Å²) in [7, 11) is 0. The molecule has 2 aromatic carbocycles. The number of carbonyl (C=O) groups is 2. The van der Waals surface area contributed by atoms with Crippen molar-refractivity contribution in [1.29, 1.82) is 0 Å². The SMILES string of the molecule is Cc1ccc(C(=O)[C@@H](C)OC(=O)c2cc(Cl)ccc2[N+](=O)[O-])cc1. The van der Waals surface area contributed by atoms with E-state index in [0.29, 0.717) is 5.56 Å². The Labute approximate surface area is 143 Å². The van der Waals surface area contributed by atoms with E-state index in [4.69, 9.17) is 16.3 Å². The fourth-order valence-corrected chi connectivity index (χ4v) is 2.23. The van der Waals surface area contributed by atoms with Crippen LogP contribution in [-0.4, -0.2) is 22.8 Å². The monoisotopic (exact) mass is 347 g/mol. The van der Waals surface area contributed by atoms with Crippen molar-refractivity contribution in [2.45, 2.75) is 20.0 Å². The molecule has 24 heavy (non-hydrogen) atoms. The quantitative estimate of drug-likeness (QED) is 0.353. The average Bonchev–Trinajstić information content (AvgIpc) is 2.54. The Morgan fingerprint density at radius 2 is 1.79 bits per heavy atom. The molecule has 1 atom stereocenters. The number of nitro groups is 1. The molecule has 0 radical (unpaired) electrons. The minimum absolute atomic E-state index is 0.157. The fraction of sp³-hybridized carbons (Fsp3) is 0.176. The molecule has 0 spiro atoms. The van der Waals surface area contributed by atoms with Crippen LogP contribution in [0.1, 0.15) is 33.2 Å². The van der Waals surface area contributed by atoms with Crippen molar-refractivity contribution in [2.75, 3.05) is 0 Å². The van der Waals surface area contributed by atoms with E-state index in [9.17, 15) is 19.7 Å². The van der Waals surface area contributed by atoms with Crippen LogP contribution in [0, 0.1) is 17.0 Å². The summed E-state index contributed by atoms with van der Waals surface area (Å²) in [5.41, 5.74) is 0.655. The number of hydrogen-bond acceptors (Lipinski definition) is 5. The molecule has 0 N–H and O–H groups in total. The van der Waals surface area contributed by atoms with E-state index in [1.165, 1.54) is 13.0 Å². The Balaban J connectivity index is 2.20. The maximum Gasteiger partial charge on any atom is 0.345 e. The maximum absolute atomic E-state index is 12.3. The molecule has 0 bridgehead atoms. The van der Waals surface area contributed by atoms with Gasteiger partial charge in [0.15, 0.2) is 6.10 Å². The lowest BCUT2D eigenvalue weighted by Crippen LogP contribution is -2.24. The molecule has 0 aromatic heterocycles. The van der Waals surface area contributed by atoms with E-state index in [-0.39, 0.29) is 10.6 Å². The maximum atomic E-state index is 12.3. The van der Waals surface area contributed by atoms with Crippen LogP contribution in [0.4, 0.5) is 5.69 Å². The van der Waals surface area contributed by atoms with Crippen molar-refractivity contribution >= 4 is 29.0 Å². The van der Waals surface area contributed by atoms with Crippen molar-refractivity contribution in [3.05, 3.63) is 74.3 Å². The largest absolute Gasteiger partial charge is 0.450 e. The van der Waals surface area contributed by atoms with E-state index in [1.54, 1.807) is 24.3 Å². The molecule has 0 fully saturated rings. The Hall–Kier alpha value is -2.73. The first-order valence-electron chi connectivity index (χ1n) is 7.05. The van der Waals surface area contributed by atoms with Crippen LogP contribution < -0.4 is 0 Å². The van der Waals surface area contributed by atoms with Crippen molar-refractivity contribution in [2.24, 2.45) is 0 Å². The van der Waals surface area contributed by atoms with Gasteiger partial charge in [-0.1, -0.05) is 41.4 Å². The summed E-state index contributed by atoms with van der Waals surface area (Å²) in [6.07, 6.45) is -1.08. The normalized spacial score (nSPS) is 11.6. The lowest BCUT2D eigenvalue weighted by Gasteiger charge is -2.12. The van der Waals surface area contributed by atoms with Gasteiger partial charge in [0, 0.05) is 16.7 Å². The van der Waals surface area contributed by atoms with E-state index >= 15 is 0 Å². The minimum atomic E-state index is -1.08. The number of rotatable bonds is 5. The van der Waals surface area contributed by atoms with E-state index < -0.39 is 28.5 Å². The number of halogens is 1. The molecule has 0 amide bonds. The highest BCUT2D eigenvalue weighted by molar-refractivity contribution is 6.31. The van der Waals surface area contributed by atoms with E-state index in [1.807, 2.05) is 6.92 Å². The highest BCUT2D eigenvalue weighted by atomic mass is 35.5. The second kappa shape index (κ2) is 7.23. The number of ether oxygens (including phenoxy) is 1. The van der Waals surface area contributed by atoms with E-state index in [2.05, 4.69) is 0 Å². The van der Waals surface area contributed by atoms with Gasteiger partial charge in [-0.3, -0.25) is 14.9 Å². The Bertz CT molecular complexity index is 801. The zero-order valence-corrected chi connectivity index (χ0v) is 13.7. The van der Waals surface area contributed by atoms with Gasteiger partial charge in [0.05, 0.1) is 4.92 Å². The lowest BCUT2D eigenvalue weighted by atomic mass is 10.1. The average molecular weight is 348 g/mol. The number of hydrogen-bond donors (Lipinski definition) is 0. The third-order valence-corrected chi connectivity index (χ3v) is 3.60. The summed E-state index contributed by atoms with van der Waals surface area (Å²) in [5.74, 6) is -1.37. The summed E-state index contributed by atoms with van der Waals surface area (Å²) >= 11 is 5.78.